The molecule has 2 aromatic rings. The lowest BCUT2D eigenvalue weighted by Crippen LogP contribution is -2.28. The summed E-state index contributed by atoms with van der Waals surface area (Å²) in [6.07, 6.45) is 3.35. The summed E-state index contributed by atoms with van der Waals surface area (Å²) in [7, 11) is 1.20. The van der Waals surface area contributed by atoms with Crippen LogP contribution in [0.1, 0.15) is 35.7 Å². The lowest BCUT2D eigenvalue weighted by Gasteiger charge is -2.09. The van der Waals surface area contributed by atoms with Crippen molar-refractivity contribution in [2.24, 2.45) is 0 Å². The van der Waals surface area contributed by atoms with Gasteiger partial charge < -0.3 is 14.8 Å². The van der Waals surface area contributed by atoms with Gasteiger partial charge in [0.1, 0.15) is 11.4 Å². The standard InChI is InChI=1S/C21H22N2O6/c1-3-4-13-29-18-11-7-16(8-12-18)20(24)22-19(21(25)28-2)14-15-5-9-17(10-6-15)23(26)27/h5-12,14H,3-4,13H2,1-2H3,(H,22,24)/b19-14-. The third-order valence-electron chi connectivity index (χ3n) is 3.95. The van der Waals surface area contributed by atoms with Gasteiger partial charge in [0.25, 0.3) is 11.6 Å². The summed E-state index contributed by atoms with van der Waals surface area (Å²) in [5, 5.41) is 13.3. The van der Waals surface area contributed by atoms with E-state index in [1.165, 1.54) is 37.5 Å². The Morgan fingerprint density at radius 1 is 1.10 bits per heavy atom. The highest BCUT2D eigenvalue weighted by Gasteiger charge is 2.15. The fourth-order valence-electron chi connectivity index (χ4n) is 2.35. The highest BCUT2D eigenvalue weighted by atomic mass is 16.6. The van der Waals surface area contributed by atoms with E-state index in [0.29, 0.717) is 23.5 Å². The highest BCUT2D eigenvalue weighted by molar-refractivity contribution is 6.03. The van der Waals surface area contributed by atoms with Gasteiger partial charge in [0, 0.05) is 17.7 Å². The van der Waals surface area contributed by atoms with Gasteiger partial charge in [-0.1, -0.05) is 13.3 Å². The highest BCUT2D eigenvalue weighted by Crippen LogP contribution is 2.16. The van der Waals surface area contributed by atoms with Crippen LogP contribution >= 0.6 is 0 Å². The number of nitrogens with one attached hydrogen (secondary N) is 1. The van der Waals surface area contributed by atoms with E-state index in [9.17, 15) is 19.7 Å². The van der Waals surface area contributed by atoms with E-state index in [-0.39, 0.29) is 11.4 Å². The molecule has 0 fully saturated rings. The van der Waals surface area contributed by atoms with Gasteiger partial charge in [-0.25, -0.2) is 4.79 Å². The lowest BCUT2D eigenvalue weighted by atomic mass is 10.1. The lowest BCUT2D eigenvalue weighted by molar-refractivity contribution is -0.384. The van der Waals surface area contributed by atoms with E-state index in [2.05, 4.69) is 12.2 Å². The van der Waals surface area contributed by atoms with Crippen LogP contribution in [-0.4, -0.2) is 30.5 Å². The number of non-ortho nitro benzene ring substituents is 1. The molecule has 0 aliphatic rings. The van der Waals surface area contributed by atoms with Crippen molar-refractivity contribution >= 4 is 23.6 Å². The number of methoxy groups -OCH3 is 1. The third kappa shape index (κ3) is 6.46. The molecular formula is C21H22N2O6. The number of hydrogen-bond acceptors (Lipinski definition) is 6. The second-order valence-electron chi connectivity index (χ2n) is 6.08. The van der Waals surface area contributed by atoms with E-state index >= 15 is 0 Å². The van der Waals surface area contributed by atoms with Crippen molar-refractivity contribution < 1.29 is 24.0 Å². The summed E-state index contributed by atoms with van der Waals surface area (Å²) in [5.41, 5.74) is 0.670. The molecule has 2 rings (SSSR count). The first-order valence-corrected chi connectivity index (χ1v) is 9.03. The van der Waals surface area contributed by atoms with E-state index < -0.39 is 16.8 Å². The van der Waals surface area contributed by atoms with E-state index in [1.807, 2.05) is 0 Å². The minimum absolute atomic E-state index is 0.0768. The normalized spacial score (nSPS) is 10.9. The second kappa shape index (κ2) is 10.6. The van der Waals surface area contributed by atoms with E-state index in [0.717, 1.165) is 12.8 Å². The van der Waals surface area contributed by atoms with Crippen LogP contribution in [0.2, 0.25) is 0 Å². The van der Waals surface area contributed by atoms with Crippen LogP contribution in [0.5, 0.6) is 5.75 Å². The number of ether oxygens (including phenoxy) is 2. The topological polar surface area (TPSA) is 108 Å². The first-order valence-electron chi connectivity index (χ1n) is 9.03. The number of carbonyl (C=O) groups is 2. The summed E-state index contributed by atoms with van der Waals surface area (Å²) in [5.74, 6) is -0.579. The Hall–Kier alpha value is -3.68. The molecule has 8 heteroatoms. The monoisotopic (exact) mass is 398 g/mol. The van der Waals surface area contributed by atoms with Gasteiger partial charge >= 0.3 is 5.97 Å². The molecule has 0 aromatic heterocycles. The number of nitro groups is 1. The quantitative estimate of drug-likeness (QED) is 0.227. The van der Waals surface area contributed by atoms with E-state index in [1.54, 1.807) is 24.3 Å². The van der Waals surface area contributed by atoms with Crippen LogP contribution in [0.15, 0.2) is 54.2 Å². The van der Waals surface area contributed by atoms with Crippen molar-refractivity contribution in [2.75, 3.05) is 13.7 Å². The molecule has 0 saturated heterocycles. The molecule has 2 aromatic carbocycles. The molecule has 1 amide bonds. The number of nitro benzene ring substituents is 1. The molecule has 0 atom stereocenters. The van der Waals surface area contributed by atoms with Crippen molar-refractivity contribution in [3.63, 3.8) is 0 Å². The first kappa shape index (κ1) is 21.6. The fraction of sp³-hybridized carbons (Fsp3) is 0.238. The predicted molar refractivity (Wildman–Crippen MR) is 107 cm³/mol. The molecule has 0 aliphatic heterocycles. The fourth-order valence-corrected chi connectivity index (χ4v) is 2.35. The first-order chi connectivity index (χ1) is 13.9. The van der Waals surface area contributed by atoms with Crippen LogP contribution < -0.4 is 10.1 Å². The summed E-state index contributed by atoms with van der Waals surface area (Å²) in [6.45, 7) is 2.67. The molecule has 0 saturated carbocycles. The smallest absolute Gasteiger partial charge is 0.354 e. The summed E-state index contributed by atoms with van der Waals surface area (Å²) < 4.78 is 10.3. The Kier molecular flexibility index (Phi) is 7.90. The van der Waals surface area contributed by atoms with Crippen molar-refractivity contribution in [3.05, 3.63) is 75.5 Å². The number of unbranched alkanes of at least 4 members (excludes halogenated alkanes) is 1. The van der Waals surface area contributed by atoms with Crippen LogP contribution in [0, 0.1) is 10.1 Å². The van der Waals surface area contributed by atoms with Crippen molar-refractivity contribution in [3.8, 4) is 5.75 Å². The van der Waals surface area contributed by atoms with Crippen molar-refractivity contribution in [1.82, 2.24) is 5.32 Å². The predicted octanol–water partition coefficient (Wildman–Crippen LogP) is 3.72. The SMILES string of the molecule is CCCCOc1ccc(C(=O)N/C(=C\c2ccc([N+](=O)[O-])cc2)C(=O)OC)cc1. The molecule has 0 heterocycles. The van der Waals surface area contributed by atoms with Gasteiger partial charge in [-0.2, -0.15) is 0 Å². The number of amides is 1. The Morgan fingerprint density at radius 3 is 2.31 bits per heavy atom. The summed E-state index contributed by atoms with van der Waals surface area (Å²) in [6, 6.07) is 12.1. The Balaban J connectivity index is 2.14. The number of hydrogen-bond donors (Lipinski definition) is 1. The van der Waals surface area contributed by atoms with Gasteiger partial charge in [0.15, 0.2) is 0 Å². The molecule has 1 N–H and O–H groups in total. The third-order valence-corrected chi connectivity index (χ3v) is 3.95. The molecule has 0 radical (unpaired) electrons. The molecular weight excluding hydrogens is 376 g/mol. The zero-order chi connectivity index (χ0) is 21.2. The largest absolute Gasteiger partial charge is 0.494 e. The van der Waals surface area contributed by atoms with Gasteiger partial charge in [0.05, 0.1) is 18.6 Å². The molecule has 0 bridgehead atoms. The zero-order valence-corrected chi connectivity index (χ0v) is 16.2. The maximum atomic E-state index is 12.5. The second-order valence-corrected chi connectivity index (χ2v) is 6.08. The van der Waals surface area contributed by atoms with Gasteiger partial charge in [-0.3, -0.25) is 14.9 Å². The maximum absolute atomic E-state index is 12.5. The number of benzene rings is 2. The van der Waals surface area contributed by atoms with Crippen LogP contribution in [0.4, 0.5) is 5.69 Å². The van der Waals surface area contributed by atoms with Crippen molar-refractivity contribution in [2.45, 2.75) is 19.8 Å². The van der Waals surface area contributed by atoms with Crippen LogP contribution in [0.3, 0.4) is 0 Å². The zero-order valence-electron chi connectivity index (χ0n) is 16.2. The van der Waals surface area contributed by atoms with E-state index in [4.69, 9.17) is 9.47 Å². The minimum atomic E-state index is -0.740. The summed E-state index contributed by atoms with van der Waals surface area (Å²) >= 11 is 0. The van der Waals surface area contributed by atoms with Crippen LogP contribution in [0.25, 0.3) is 6.08 Å². The number of nitrogens with zero attached hydrogens (tertiary/aromatic N) is 1. The Bertz CT molecular complexity index is 888. The molecule has 0 aliphatic carbocycles. The minimum Gasteiger partial charge on any atom is -0.494 e. The molecule has 29 heavy (non-hydrogen) atoms. The average Bonchev–Trinajstić information content (AvgIpc) is 2.73. The number of carbonyl (C=O) groups excluding carboxylic acids is 2. The van der Waals surface area contributed by atoms with Crippen molar-refractivity contribution in [1.29, 1.82) is 0 Å². The molecule has 8 nitrogen and oxygen atoms in total. The van der Waals surface area contributed by atoms with Crippen LogP contribution in [-0.2, 0) is 9.53 Å². The van der Waals surface area contributed by atoms with Gasteiger partial charge in [-0.05, 0) is 54.5 Å². The molecule has 152 valence electrons. The molecule has 0 unspecified atom stereocenters. The number of esters is 1. The molecule has 0 spiro atoms. The Morgan fingerprint density at radius 2 is 1.76 bits per heavy atom. The Labute approximate surface area is 168 Å². The van der Waals surface area contributed by atoms with Gasteiger partial charge in [0.2, 0.25) is 0 Å². The average molecular weight is 398 g/mol. The van der Waals surface area contributed by atoms with Gasteiger partial charge in [-0.15, -0.1) is 0 Å². The number of rotatable bonds is 9. The maximum Gasteiger partial charge on any atom is 0.354 e. The summed E-state index contributed by atoms with van der Waals surface area (Å²) in [4.78, 5) is 34.7.